The van der Waals surface area contributed by atoms with Gasteiger partial charge in [-0.25, -0.2) is 4.79 Å². The minimum absolute atomic E-state index is 0.0191. The van der Waals surface area contributed by atoms with Crippen LogP contribution < -0.4 is 5.32 Å². The third-order valence-electron chi connectivity index (χ3n) is 3.35. The number of amides is 2. The van der Waals surface area contributed by atoms with Crippen LogP contribution in [-0.2, 0) is 9.53 Å². The summed E-state index contributed by atoms with van der Waals surface area (Å²) in [5.74, 6) is -1.37. The molecule has 0 bridgehead atoms. The number of carboxylic acid groups (broad SMARTS) is 1. The number of hydrogen-bond acceptors (Lipinski definition) is 3. The molecule has 110 valence electrons. The topological polar surface area (TPSA) is 78.9 Å². The second-order valence-corrected chi connectivity index (χ2v) is 5.16. The fourth-order valence-electron chi connectivity index (χ4n) is 2.16. The van der Waals surface area contributed by atoms with Gasteiger partial charge in [-0.05, 0) is 20.3 Å². The van der Waals surface area contributed by atoms with Gasteiger partial charge in [0.1, 0.15) is 0 Å². The highest BCUT2D eigenvalue weighted by Crippen LogP contribution is 2.12. The fraction of sp³-hybridized carbons (Fsp3) is 0.846. The first-order valence-electron chi connectivity index (χ1n) is 6.84. The predicted molar refractivity (Wildman–Crippen MR) is 71.0 cm³/mol. The molecular weight excluding hydrogens is 248 g/mol. The van der Waals surface area contributed by atoms with Gasteiger partial charge in [-0.1, -0.05) is 13.3 Å². The first kappa shape index (κ1) is 15.8. The summed E-state index contributed by atoms with van der Waals surface area (Å²) in [6.45, 7) is 7.02. The summed E-state index contributed by atoms with van der Waals surface area (Å²) < 4.78 is 5.46. The van der Waals surface area contributed by atoms with Gasteiger partial charge in [0.25, 0.3) is 0 Å². The Kier molecular flexibility index (Phi) is 6.08. The third kappa shape index (κ3) is 4.70. The number of nitrogens with zero attached hydrogens (tertiary/aromatic N) is 1. The van der Waals surface area contributed by atoms with Gasteiger partial charge in [0.2, 0.25) is 0 Å². The number of nitrogens with one attached hydrogen (secondary N) is 1. The Balaban J connectivity index is 2.47. The molecule has 1 heterocycles. The van der Waals surface area contributed by atoms with E-state index in [9.17, 15) is 9.59 Å². The minimum atomic E-state index is -0.856. The van der Waals surface area contributed by atoms with E-state index in [1.54, 1.807) is 4.90 Å². The van der Waals surface area contributed by atoms with E-state index in [0.29, 0.717) is 19.6 Å². The van der Waals surface area contributed by atoms with Crippen LogP contribution in [0.1, 0.15) is 33.6 Å². The molecule has 6 nitrogen and oxygen atoms in total. The summed E-state index contributed by atoms with van der Waals surface area (Å²) in [7, 11) is 0. The van der Waals surface area contributed by atoms with Crippen molar-refractivity contribution >= 4 is 12.0 Å². The Morgan fingerprint density at radius 3 is 2.74 bits per heavy atom. The van der Waals surface area contributed by atoms with Crippen LogP contribution in [0.5, 0.6) is 0 Å². The van der Waals surface area contributed by atoms with E-state index in [1.807, 2.05) is 20.8 Å². The zero-order valence-corrected chi connectivity index (χ0v) is 11.9. The normalized spacial score (nSPS) is 24.9. The molecule has 0 aliphatic carbocycles. The maximum Gasteiger partial charge on any atom is 0.317 e. The number of carboxylic acids is 1. The van der Waals surface area contributed by atoms with E-state index in [0.717, 1.165) is 6.42 Å². The van der Waals surface area contributed by atoms with E-state index in [-0.39, 0.29) is 24.7 Å². The van der Waals surface area contributed by atoms with Crippen molar-refractivity contribution in [1.82, 2.24) is 10.2 Å². The molecule has 1 aliphatic rings. The standard InChI is InChI=1S/C13H24N2O4/c1-4-5-11(12(16)17)6-14-13(18)15-7-10(3)19-8-9(15)2/h9-11H,4-8H2,1-3H3,(H,14,18)(H,16,17). The Morgan fingerprint density at radius 2 is 2.16 bits per heavy atom. The van der Waals surface area contributed by atoms with E-state index < -0.39 is 11.9 Å². The van der Waals surface area contributed by atoms with Crippen molar-refractivity contribution in [3.05, 3.63) is 0 Å². The van der Waals surface area contributed by atoms with Crippen LogP contribution in [0.4, 0.5) is 4.79 Å². The largest absolute Gasteiger partial charge is 0.481 e. The van der Waals surface area contributed by atoms with Gasteiger partial charge in [0.05, 0.1) is 24.7 Å². The molecule has 0 aromatic heterocycles. The number of morpholine rings is 1. The van der Waals surface area contributed by atoms with Gasteiger partial charge in [-0.2, -0.15) is 0 Å². The van der Waals surface area contributed by atoms with Crippen LogP contribution in [0.2, 0.25) is 0 Å². The van der Waals surface area contributed by atoms with Crippen molar-refractivity contribution < 1.29 is 19.4 Å². The van der Waals surface area contributed by atoms with Crippen molar-refractivity contribution in [3.63, 3.8) is 0 Å². The molecule has 2 N–H and O–H groups in total. The lowest BCUT2D eigenvalue weighted by atomic mass is 10.0. The molecule has 19 heavy (non-hydrogen) atoms. The van der Waals surface area contributed by atoms with Gasteiger partial charge in [-0.15, -0.1) is 0 Å². The second-order valence-electron chi connectivity index (χ2n) is 5.16. The molecule has 1 saturated heterocycles. The molecule has 2 amide bonds. The highest BCUT2D eigenvalue weighted by molar-refractivity contribution is 5.76. The molecule has 1 fully saturated rings. The lowest BCUT2D eigenvalue weighted by Gasteiger charge is -2.36. The maximum atomic E-state index is 12.1. The van der Waals surface area contributed by atoms with Crippen LogP contribution in [0.3, 0.4) is 0 Å². The molecule has 3 unspecified atom stereocenters. The molecule has 6 heteroatoms. The zero-order valence-electron chi connectivity index (χ0n) is 11.9. The van der Waals surface area contributed by atoms with Crippen molar-refractivity contribution in [1.29, 1.82) is 0 Å². The van der Waals surface area contributed by atoms with Gasteiger partial charge in [0, 0.05) is 13.1 Å². The lowest BCUT2D eigenvalue weighted by Crippen LogP contribution is -2.54. The molecule has 0 aromatic carbocycles. The molecular formula is C13H24N2O4. The smallest absolute Gasteiger partial charge is 0.317 e. The second kappa shape index (κ2) is 7.33. The van der Waals surface area contributed by atoms with Gasteiger partial charge in [-0.3, -0.25) is 4.79 Å². The fourth-order valence-corrected chi connectivity index (χ4v) is 2.16. The summed E-state index contributed by atoms with van der Waals surface area (Å²) in [5.41, 5.74) is 0. The molecule has 1 aliphatic heterocycles. The summed E-state index contributed by atoms with van der Waals surface area (Å²) in [4.78, 5) is 24.8. The summed E-state index contributed by atoms with van der Waals surface area (Å²) in [6.07, 6.45) is 1.38. The van der Waals surface area contributed by atoms with Crippen LogP contribution in [0, 0.1) is 5.92 Å². The molecule has 3 atom stereocenters. The molecule has 0 radical (unpaired) electrons. The Morgan fingerprint density at radius 1 is 1.47 bits per heavy atom. The predicted octanol–water partition coefficient (Wildman–Crippen LogP) is 1.31. The van der Waals surface area contributed by atoms with Crippen LogP contribution in [0.15, 0.2) is 0 Å². The number of rotatable bonds is 5. The molecule has 0 spiro atoms. The van der Waals surface area contributed by atoms with Gasteiger partial charge >= 0.3 is 12.0 Å². The maximum absolute atomic E-state index is 12.1. The number of ether oxygens (including phenoxy) is 1. The van der Waals surface area contributed by atoms with E-state index in [1.165, 1.54) is 0 Å². The number of aliphatic carboxylic acids is 1. The highest BCUT2D eigenvalue weighted by Gasteiger charge is 2.28. The van der Waals surface area contributed by atoms with E-state index >= 15 is 0 Å². The number of carbonyl (C=O) groups is 2. The van der Waals surface area contributed by atoms with Crippen molar-refractivity contribution in [2.24, 2.45) is 5.92 Å². The van der Waals surface area contributed by atoms with E-state index in [2.05, 4.69) is 5.32 Å². The van der Waals surface area contributed by atoms with Crippen LogP contribution in [0.25, 0.3) is 0 Å². The lowest BCUT2D eigenvalue weighted by molar-refractivity contribution is -0.141. The molecule has 0 saturated carbocycles. The first-order chi connectivity index (χ1) is 8.95. The highest BCUT2D eigenvalue weighted by atomic mass is 16.5. The third-order valence-corrected chi connectivity index (χ3v) is 3.35. The minimum Gasteiger partial charge on any atom is -0.481 e. The Bertz CT molecular complexity index is 322. The van der Waals surface area contributed by atoms with Gasteiger partial charge in [0.15, 0.2) is 0 Å². The Hall–Kier alpha value is -1.30. The average molecular weight is 272 g/mol. The van der Waals surface area contributed by atoms with Gasteiger partial charge < -0.3 is 20.1 Å². The molecule has 0 aromatic rings. The zero-order chi connectivity index (χ0) is 14.4. The van der Waals surface area contributed by atoms with Crippen molar-refractivity contribution in [2.45, 2.75) is 45.8 Å². The monoisotopic (exact) mass is 272 g/mol. The number of urea groups is 1. The number of carbonyl (C=O) groups excluding carboxylic acids is 1. The Labute approximate surface area is 114 Å². The van der Waals surface area contributed by atoms with E-state index in [4.69, 9.17) is 9.84 Å². The first-order valence-corrected chi connectivity index (χ1v) is 6.84. The van der Waals surface area contributed by atoms with Crippen LogP contribution >= 0.6 is 0 Å². The summed E-state index contributed by atoms with van der Waals surface area (Å²) in [6, 6.07) is -0.185. The van der Waals surface area contributed by atoms with Crippen LogP contribution in [-0.4, -0.2) is 53.8 Å². The average Bonchev–Trinajstić information content (AvgIpc) is 2.36. The summed E-state index contributed by atoms with van der Waals surface area (Å²) in [5, 5.41) is 11.8. The SMILES string of the molecule is CCCC(CNC(=O)N1CC(C)OCC1C)C(=O)O. The molecule has 1 rings (SSSR count). The quantitative estimate of drug-likeness (QED) is 0.791. The summed E-state index contributed by atoms with van der Waals surface area (Å²) >= 11 is 0. The van der Waals surface area contributed by atoms with Crippen molar-refractivity contribution in [3.8, 4) is 0 Å². The number of hydrogen-bond donors (Lipinski definition) is 2. The van der Waals surface area contributed by atoms with Crippen molar-refractivity contribution in [2.75, 3.05) is 19.7 Å².